The topological polar surface area (TPSA) is 8.17 Å². The average Bonchev–Trinajstić information content (AvgIpc) is 3.78. The minimum atomic E-state index is 1.12. The highest BCUT2D eigenvalue weighted by Crippen LogP contribution is 2.47. The zero-order chi connectivity index (χ0) is 34.9. The van der Waals surface area contributed by atoms with Crippen molar-refractivity contribution in [2.45, 2.75) is 0 Å². The third-order valence-electron chi connectivity index (χ3n) is 10.7. The summed E-state index contributed by atoms with van der Waals surface area (Å²) >= 11 is 1.90. The number of fused-ring (bicyclic) bond motifs is 9. The van der Waals surface area contributed by atoms with Crippen molar-refractivity contribution in [2.24, 2.45) is 0 Å². The van der Waals surface area contributed by atoms with Crippen LogP contribution in [0.25, 0.3) is 80.3 Å². The number of aromatic nitrogens is 1. The van der Waals surface area contributed by atoms with Gasteiger partial charge in [-0.3, -0.25) is 0 Å². The van der Waals surface area contributed by atoms with Gasteiger partial charge in [-0.15, -0.1) is 11.3 Å². The Kier molecular flexibility index (Phi) is 6.76. The summed E-state index contributed by atoms with van der Waals surface area (Å²) in [5.74, 6) is 0. The Labute approximate surface area is 311 Å². The van der Waals surface area contributed by atoms with Crippen LogP contribution < -0.4 is 4.90 Å². The van der Waals surface area contributed by atoms with Crippen LogP contribution in [0.1, 0.15) is 0 Å². The monoisotopic (exact) mass is 692 g/mol. The Bertz CT molecular complexity index is 3130. The number of rotatable bonds is 5. The lowest BCUT2D eigenvalue weighted by molar-refractivity contribution is 1.18. The Morgan fingerprint density at radius 1 is 0.358 bits per heavy atom. The standard InChI is InChI=1S/C50H32N2S/c1-2-13-36-32-40(29-25-33(36)11-1)51(48-22-10-19-44-45-30-26-35-12-3-4-16-41(35)49(45)53-50(44)48)38-27-23-34(24-28-38)37-14-9-15-39(31-37)52-46-20-7-5-17-42(46)43-18-6-8-21-47(43)52/h1-32H. The Morgan fingerprint density at radius 3 is 1.75 bits per heavy atom. The fourth-order valence-corrected chi connectivity index (χ4v) is 9.60. The summed E-state index contributed by atoms with van der Waals surface area (Å²) in [6, 6.07) is 70.9. The molecule has 0 unspecified atom stereocenters. The molecule has 2 nitrogen and oxygen atoms in total. The van der Waals surface area contributed by atoms with Crippen molar-refractivity contribution >= 4 is 91.9 Å². The lowest BCUT2D eigenvalue weighted by atomic mass is 10.0. The number of para-hydroxylation sites is 2. The number of anilines is 3. The van der Waals surface area contributed by atoms with Gasteiger partial charge in [0.1, 0.15) is 0 Å². The third-order valence-corrected chi connectivity index (χ3v) is 12.0. The van der Waals surface area contributed by atoms with Gasteiger partial charge in [0.2, 0.25) is 0 Å². The average molecular weight is 693 g/mol. The van der Waals surface area contributed by atoms with Crippen LogP contribution in [0.2, 0.25) is 0 Å². The molecule has 9 aromatic carbocycles. The lowest BCUT2D eigenvalue weighted by Gasteiger charge is -2.26. The quantitative estimate of drug-likeness (QED) is 0.174. The highest BCUT2D eigenvalue weighted by Gasteiger charge is 2.20. The summed E-state index contributed by atoms with van der Waals surface area (Å²) in [5, 5.41) is 10.2. The van der Waals surface area contributed by atoms with E-state index < -0.39 is 0 Å². The normalized spacial score (nSPS) is 11.8. The van der Waals surface area contributed by atoms with Crippen LogP contribution in [-0.4, -0.2) is 4.57 Å². The van der Waals surface area contributed by atoms with Crippen LogP contribution in [0.5, 0.6) is 0 Å². The molecule has 3 heteroatoms. The van der Waals surface area contributed by atoms with Crippen molar-refractivity contribution in [3.05, 3.63) is 194 Å². The molecule has 53 heavy (non-hydrogen) atoms. The Balaban J connectivity index is 1.06. The molecule has 11 aromatic rings. The largest absolute Gasteiger partial charge is 0.309 e. The second-order valence-electron chi connectivity index (χ2n) is 13.8. The molecule has 0 aliphatic carbocycles. The van der Waals surface area contributed by atoms with Gasteiger partial charge in [-0.2, -0.15) is 0 Å². The second kappa shape index (κ2) is 11.9. The van der Waals surface area contributed by atoms with E-state index in [4.69, 9.17) is 0 Å². The molecule has 0 saturated heterocycles. The molecule has 0 fully saturated rings. The number of nitrogens with zero attached hydrogens (tertiary/aromatic N) is 2. The number of benzene rings is 9. The molecule has 0 radical (unpaired) electrons. The SMILES string of the molecule is c1cc(-c2ccc(N(c3ccc4ccccc4c3)c3cccc4c3sc3c5ccccc5ccc43)cc2)cc(-n2c3ccccc3c3ccccc32)c1. The summed E-state index contributed by atoms with van der Waals surface area (Å²) in [4.78, 5) is 2.44. The highest BCUT2D eigenvalue weighted by atomic mass is 32.1. The van der Waals surface area contributed by atoms with Crippen LogP contribution in [0, 0.1) is 0 Å². The summed E-state index contributed by atoms with van der Waals surface area (Å²) in [6.07, 6.45) is 0. The van der Waals surface area contributed by atoms with Gasteiger partial charge in [0.05, 0.1) is 21.4 Å². The van der Waals surface area contributed by atoms with E-state index in [0.29, 0.717) is 0 Å². The van der Waals surface area contributed by atoms with Crippen molar-refractivity contribution in [1.82, 2.24) is 4.57 Å². The van der Waals surface area contributed by atoms with Crippen molar-refractivity contribution in [2.75, 3.05) is 4.90 Å². The zero-order valence-electron chi connectivity index (χ0n) is 28.8. The molecular formula is C50H32N2S. The minimum Gasteiger partial charge on any atom is -0.309 e. The third kappa shape index (κ3) is 4.78. The van der Waals surface area contributed by atoms with Crippen LogP contribution in [0.4, 0.5) is 17.1 Å². The molecule has 0 spiro atoms. The first kappa shape index (κ1) is 30.0. The van der Waals surface area contributed by atoms with Gasteiger partial charge in [0.25, 0.3) is 0 Å². The van der Waals surface area contributed by atoms with Gasteiger partial charge in [-0.1, -0.05) is 140 Å². The molecule has 0 atom stereocenters. The minimum absolute atomic E-state index is 1.12. The number of hydrogen-bond donors (Lipinski definition) is 0. The molecule has 2 aromatic heterocycles. The van der Waals surface area contributed by atoms with Gasteiger partial charge in [0.15, 0.2) is 0 Å². The highest BCUT2D eigenvalue weighted by molar-refractivity contribution is 7.27. The number of hydrogen-bond acceptors (Lipinski definition) is 2. The molecule has 0 amide bonds. The predicted octanol–water partition coefficient (Wildman–Crippen LogP) is 14.6. The van der Waals surface area contributed by atoms with Crippen molar-refractivity contribution in [3.63, 3.8) is 0 Å². The lowest BCUT2D eigenvalue weighted by Crippen LogP contribution is -2.10. The maximum absolute atomic E-state index is 2.44. The van der Waals surface area contributed by atoms with Gasteiger partial charge in [-0.25, -0.2) is 0 Å². The molecule has 2 heterocycles. The van der Waals surface area contributed by atoms with Crippen LogP contribution in [-0.2, 0) is 0 Å². The van der Waals surface area contributed by atoms with E-state index in [9.17, 15) is 0 Å². The fourth-order valence-electron chi connectivity index (χ4n) is 8.26. The molecule has 248 valence electrons. The molecule has 11 rings (SSSR count). The van der Waals surface area contributed by atoms with Crippen LogP contribution >= 0.6 is 11.3 Å². The Hall–Kier alpha value is -6.68. The van der Waals surface area contributed by atoms with Crippen LogP contribution in [0.15, 0.2) is 194 Å². The van der Waals surface area contributed by atoms with E-state index in [1.165, 1.54) is 80.3 Å². The van der Waals surface area contributed by atoms with E-state index in [2.05, 4.69) is 204 Å². The van der Waals surface area contributed by atoms with E-state index in [0.717, 1.165) is 17.1 Å². The van der Waals surface area contributed by atoms with Crippen molar-refractivity contribution < 1.29 is 0 Å². The maximum Gasteiger partial charge on any atom is 0.0640 e. The maximum atomic E-state index is 2.44. The summed E-state index contributed by atoms with van der Waals surface area (Å²) in [7, 11) is 0. The molecule has 0 N–H and O–H groups in total. The number of thiophene rings is 1. The summed E-state index contributed by atoms with van der Waals surface area (Å²) in [6.45, 7) is 0. The van der Waals surface area contributed by atoms with Crippen molar-refractivity contribution in [3.8, 4) is 16.8 Å². The zero-order valence-corrected chi connectivity index (χ0v) is 29.6. The second-order valence-corrected chi connectivity index (χ2v) is 14.8. The molecular weight excluding hydrogens is 661 g/mol. The summed E-state index contributed by atoms with van der Waals surface area (Å²) < 4.78 is 5.01. The fraction of sp³-hybridized carbons (Fsp3) is 0. The van der Waals surface area contributed by atoms with E-state index >= 15 is 0 Å². The van der Waals surface area contributed by atoms with Crippen molar-refractivity contribution in [1.29, 1.82) is 0 Å². The summed E-state index contributed by atoms with van der Waals surface area (Å²) in [5.41, 5.74) is 9.41. The van der Waals surface area contributed by atoms with E-state index in [1.54, 1.807) is 0 Å². The first-order chi connectivity index (χ1) is 26.3. The smallest absolute Gasteiger partial charge is 0.0640 e. The first-order valence-electron chi connectivity index (χ1n) is 18.1. The molecule has 0 aliphatic heterocycles. The molecule has 0 bridgehead atoms. The van der Waals surface area contributed by atoms with Gasteiger partial charge < -0.3 is 9.47 Å². The first-order valence-corrected chi connectivity index (χ1v) is 18.9. The van der Waals surface area contributed by atoms with E-state index in [1.807, 2.05) is 11.3 Å². The van der Waals surface area contributed by atoms with E-state index in [-0.39, 0.29) is 0 Å². The Morgan fingerprint density at radius 2 is 0.962 bits per heavy atom. The van der Waals surface area contributed by atoms with Gasteiger partial charge in [0, 0.05) is 43.3 Å². The predicted molar refractivity (Wildman–Crippen MR) is 229 cm³/mol. The van der Waals surface area contributed by atoms with Gasteiger partial charge in [-0.05, 0) is 87.3 Å². The molecule has 0 saturated carbocycles. The van der Waals surface area contributed by atoms with Gasteiger partial charge >= 0.3 is 0 Å². The van der Waals surface area contributed by atoms with Crippen LogP contribution in [0.3, 0.4) is 0 Å². The molecule has 0 aliphatic rings.